The Kier molecular flexibility index (Phi) is 26.4. The van der Waals surface area contributed by atoms with Crippen LogP contribution in [-0.2, 0) is 99.2 Å². The van der Waals surface area contributed by atoms with Gasteiger partial charge >= 0.3 is 0 Å². The van der Waals surface area contributed by atoms with Crippen molar-refractivity contribution < 1.29 is 106 Å². The topological polar surface area (TPSA) is 382 Å². The molecule has 6 aromatic carbocycles. The fourth-order valence-corrected chi connectivity index (χ4v) is 14.6. The molecule has 1 aliphatic carbocycles. The molecule has 0 aromatic heterocycles. The highest BCUT2D eigenvalue weighted by Crippen LogP contribution is 2.44. The largest absolute Gasteiger partial charge is 0.493 e. The molecule has 0 unspecified atom stereocenters. The van der Waals surface area contributed by atoms with E-state index < -0.39 is 129 Å². The fourth-order valence-electron chi connectivity index (χ4n) is 11.1. The van der Waals surface area contributed by atoms with E-state index in [9.17, 15) is 77.8 Å². The predicted molar refractivity (Wildman–Crippen MR) is 357 cm³/mol. The average molecular weight is 1450 g/mol. The molecular weight excluding hydrogens is 1370 g/mol. The van der Waals surface area contributed by atoms with E-state index in [4.69, 9.17) is 28.4 Å². The van der Waals surface area contributed by atoms with Gasteiger partial charge in [-0.15, -0.1) is 0 Å². The maximum Gasteiger partial charge on any atom is 0.294 e. The molecule has 1 aliphatic rings. The van der Waals surface area contributed by atoms with Gasteiger partial charge in [0.15, 0.2) is 0 Å². The van der Waals surface area contributed by atoms with Crippen LogP contribution in [0.2, 0.25) is 0 Å². The molecule has 528 valence electrons. The highest BCUT2D eigenvalue weighted by molar-refractivity contribution is 7.87. The van der Waals surface area contributed by atoms with Crippen molar-refractivity contribution in [2.75, 3.05) is 39.6 Å². The number of hydrogen-bond acceptors (Lipinski definition) is 18. The van der Waals surface area contributed by atoms with Crippen molar-refractivity contribution in [3.05, 3.63) is 140 Å². The van der Waals surface area contributed by atoms with Gasteiger partial charge in [0.05, 0.1) is 69.0 Å². The summed E-state index contributed by atoms with van der Waals surface area (Å²) in [4.78, 5) is -4.36. The first-order chi connectivity index (χ1) is 45.1. The van der Waals surface area contributed by atoms with E-state index in [1.54, 1.807) is 0 Å². The van der Waals surface area contributed by atoms with Gasteiger partial charge in [-0.2, -0.15) is 50.5 Å². The number of rotatable bonds is 30. The van der Waals surface area contributed by atoms with Gasteiger partial charge in [-0.3, -0.25) is 27.3 Å². The summed E-state index contributed by atoms with van der Waals surface area (Å²) < 4.78 is 269. The first-order valence-corrected chi connectivity index (χ1v) is 40.3. The second kappa shape index (κ2) is 33.0. The van der Waals surface area contributed by atoms with Crippen LogP contribution >= 0.6 is 0 Å². The Labute approximate surface area is 563 Å². The van der Waals surface area contributed by atoms with Gasteiger partial charge in [-0.05, 0) is 111 Å². The van der Waals surface area contributed by atoms with Gasteiger partial charge in [0.25, 0.3) is 60.7 Å². The van der Waals surface area contributed by atoms with E-state index in [0.717, 1.165) is 72.8 Å². The van der Waals surface area contributed by atoms with Gasteiger partial charge in [-0.1, -0.05) is 80.1 Å². The van der Waals surface area contributed by atoms with Crippen molar-refractivity contribution in [1.29, 1.82) is 0 Å². The Morgan fingerprint density at radius 2 is 0.333 bits per heavy atom. The lowest BCUT2D eigenvalue weighted by Gasteiger charge is -2.24. The van der Waals surface area contributed by atoms with E-state index in [1.807, 2.05) is 41.5 Å². The summed E-state index contributed by atoms with van der Waals surface area (Å²) >= 11 is 0. The van der Waals surface area contributed by atoms with Crippen molar-refractivity contribution in [2.45, 2.75) is 186 Å². The molecule has 0 amide bonds. The molecule has 6 aromatic rings. The zero-order chi connectivity index (χ0) is 70.6. The van der Waals surface area contributed by atoms with Crippen molar-refractivity contribution in [3.63, 3.8) is 0 Å². The quantitative estimate of drug-likeness (QED) is 0.0180. The molecule has 0 saturated carbocycles. The molecule has 12 bridgehead atoms. The summed E-state index contributed by atoms with van der Waals surface area (Å²) in [6, 6.07) is 12.9. The van der Waals surface area contributed by atoms with Gasteiger partial charge in [-0.25, -0.2) is 0 Å². The Morgan fingerprint density at radius 1 is 0.229 bits per heavy atom. The molecule has 0 atom stereocenters. The summed E-state index contributed by atoms with van der Waals surface area (Å²) in [6.45, 7) is 11.0. The maximum atomic E-state index is 13.6. The smallest absolute Gasteiger partial charge is 0.294 e. The zero-order valence-corrected chi connectivity index (χ0v) is 59.3. The third kappa shape index (κ3) is 20.4. The van der Waals surface area contributed by atoms with Crippen molar-refractivity contribution in [3.8, 4) is 34.5 Å². The summed E-state index contributed by atoms with van der Waals surface area (Å²) in [5.41, 5.74) is -0.553. The number of fused-ring (bicyclic) bond motifs is 12. The highest BCUT2D eigenvalue weighted by atomic mass is 32.2. The Balaban J connectivity index is 1.77. The van der Waals surface area contributed by atoms with E-state index in [2.05, 4.69) is 0 Å². The van der Waals surface area contributed by atoms with Crippen LogP contribution in [0.3, 0.4) is 0 Å². The SMILES string of the molecule is CCCCOc1c2cc(S(=O)(=O)O)cc1Cc1cc(S(=O)(=O)O)cc(c1OCCCC)Cc1cc(S(=O)(=O)O)cc(c1OCCCC)Cc1cc(S(=O)(=O)O)cc(c1OCCCC)Cc1cc(S(=O)(=O)O)cc(c1OCCCC)Cc1cc(S(=O)(=O)O)cc(c1OCCCC)C2. The zero-order valence-electron chi connectivity index (χ0n) is 54.4. The fraction of sp³-hybridized carbons (Fsp3) is 0.455. The minimum Gasteiger partial charge on any atom is -0.493 e. The molecule has 0 saturated heterocycles. The van der Waals surface area contributed by atoms with Crippen LogP contribution in [-0.4, -0.2) is 117 Å². The van der Waals surface area contributed by atoms with E-state index >= 15 is 0 Å². The first-order valence-electron chi connectivity index (χ1n) is 31.7. The molecule has 24 nitrogen and oxygen atoms in total. The number of hydrogen-bond donors (Lipinski definition) is 6. The minimum atomic E-state index is -5.21. The molecule has 96 heavy (non-hydrogen) atoms. The van der Waals surface area contributed by atoms with Gasteiger partial charge < -0.3 is 28.4 Å². The molecule has 7 rings (SSSR count). The van der Waals surface area contributed by atoms with Crippen LogP contribution < -0.4 is 28.4 Å². The molecule has 0 radical (unpaired) electrons. The average Bonchev–Trinajstić information content (AvgIpc) is 0.775. The van der Waals surface area contributed by atoms with Crippen molar-refractivity contribution in [1.82, 2.24) is 0 Å². The van der Waals surface area contributed by atoms with Crippen molar-refractivity contribution >= 4 is 60.7 Å². The molecule has 0 fully saturated rings. The van der Waals surface area contributed by atoms with Crippen LogP contribution in [0.25, 0.3) is 0 Å². The van der Waals surface area contributed by atoms with Crippen LogP contribution in [0.15, 0.2) is 102 Å². The van der Waals surface area contributed by atoms with E-state index in [0.29, 0.717) is 77.0 Å². The molecule has 6 N–H and O–H groups in total. The lowest BCUT2D eigenvalue weighted by atomic mass is 9.91. The van der Waals surface area contributed by atoms with E-state index in [1.165, 1.54) is 0 Å². The lowest BCUT2D eigenvalue weighted by molar-refractivity contribution is 0.297. The summed E-state index contributed by atoms with van der Waals surface area (Å²) in [7, 11) is -31.2. The predicted octanol–water partition coefficient (Wildman–Crippen LogP) is 12.1. The van der Waals surface area contributed by atoms with Crippen LogP contribution in [0.1, 0.15) is 185 Å². The van der Waals surface area contributed by atoms with Crippen LogP contribution in [0.4, 0.5) is 0 Å². The van der Waals surface area contributed by atoms with E-state index in [-0.39, 0.29) is 141 Å². The third-order valence-electron chi connectivity index (χ3n) is 15.8. The Bertz CT molecular complexity index is 3630. The summed E-state index contributed by atoms with van der Waals surface area (Å²) in [5, 5.41) is 0. The van der Waals surface area contributed by atoms with Gasteiger partial charge in [0, 0.05) is 105 Å². The highest BCUT2D eigenvalue weighted by Gasteiger charge is 2.31. The number of unbranched alkanes of at least 4 members (excludes halogenated alkanes) is 6. The number of benzene rings is 6. The summed E-state index contributed by atoms with van der Waals surface area (Å²) in [5.74, 6) is -0.364. The molecule has 30 heteroatoms. The number of ether oxygens (including phenoxy) is 6. The standard InChI is InChI=1S/C66H84O24S6/c1-7-13-19-85-61-43-25-45-33-56(92(70,71)72)35-47(62(45)86-20-14-8-2)27-49-37-58(94(76,77)78)39-51(64(49)88-22-16-10-4)29-53-41-60(96(82,83)84)42-54(66(53)90-24-18-12-6)30-52-40-59(95(79,80)81)38-50(65(52)89-23-17-11-5)28-48-36-57(93(73,74)75)34-46(63(48)87-21-15-9-3)26-44(61)32-55(31-43)91(67,68)69/h31-42H,7-30H2,1-6H3,(H,67,68,69)(H,70,71,72)(H,73,74,75)(H,76,77,78)(H,79,80,81)(H,82,83,84). The lowest BCUT2D eigenvalue weighted by Crippen LogP contribution is -2.13. The third-order valence-corrected chi connectivity index (χ3v) is 20.8. The monoisotopic (exact) mass is 1450 g/mol. The van der Waals surface area contributed by atoms with Crippen LogP contribution in [0, 0.1) is 0 Å². The second-order valence-electron chi connectivity index (χ2n) is 23.5. The Hall–Kier alpha value is -6.42. The van der Waals surface area contributed by atoms with Crippen molar-refractivity contribution in [2.24, 2.45) is 0 Å². The minimum absolute atomic E-state index is 0.0401. The molecular formula is C66H84O24S6. The summed E-state index contributed by atoms with van der Waals surface area (Å²) in [6.07, 6.45) is 2.68. The first kappa shape index (κ1) is 76.9. The maximum absolute atomic E-state index is 13.6. The normalized spacial score (nSPS) is 13.4. The molecule has 0 heterocycles. The van der Waals surface area contributed by atoms with Crippen LogP contribution in [0.5, 0.6) is 34.5 Å². The van der Waals surface area contributed by atoms with Gasteiger partial charge in [0.2, 0.25) is 0 Å². The van der Waals surface area contributed by atoms with Gasteiger partial charge in [0.1, 0.15) is 34.5 Å². The molecule has 0 aliphatic heterocycles. The second-order valence-corrected chi connectivity index (χ2v) is 32.1. The Morgan fingerprint density at radius 3 is 0.417 bits per heavy atom. The molecule has 0 spiro atoms.